The second-order valence-corrected chi connectivity index (χ2v) is 3.69. The van der Waals surface area contributed by atoms with Gasteiger partial charge in [-0.1, -0.05) is 29.7 Å². The van der Waals surface area contributed by atoms with E-state index >= 15 is 0 Å². The number of hydrogen-bond donors (Lipinski definition) is 0. The zero-order valence-corrected chi connectivity index (χ0v) is 9.62. The highest BCUT2D eigenvalue weighted by Crippen LogP contribution is 2.26. The number of hydrogen-bond acceptors (Lipinski definition) is 0. The maximum Gasteiger partial charge on any atom is 0.0490 e. The smallest absolute Gasteiger partial charge is 0.0490 e. The van der Waals surface area contributed by atoms with E-state index in [2.05, 4.69) is 23.7 Å². The summed E-state index contributed by atoms with van der Waals surface area (Å²) in [4.78, 5) is 0. The van der Waals surface area contributed by atoms with E-state index in [9.17, 15) is 0 Å². The maximum absolute atomic E-state index is 5.53. The van der Waals surface area contributed by atoms with Crippen LogP contribution in [0.4, 0.5) is 0 Å². The average Bonchev–Trinajstić information content (AvgIpc) is 2.44. The van der Waals surface area contributed by atoms with Crippen molar-refractivity contribution >= 4 is 10.8 Å². The molecular weight excluding hydrogens is 216 g/mol. The lowest BCUT2D eigenvalue weighted by Gasteiger charge is -2.07. The molecule has 0 saturated carbocycles. The van der Waals surface area contributed by atoms with Crippen LogP contribution in [0.1, 0.15) is 22.3 Å². The fourth-order valence-electron chi connectivity index (χ4n) is 1.93. The number of benzene rings is 2. The molecule has 0 unspecified atom stereocenters. The molecule has 2 aromatic rings. The van der Waals surface area contributed by atoms with E-state index in [1.165, 1.54) is 0 Å². The lowest BCUT2D eigenvalue weighted by molar-refractivity contribution is 1.61. The van der Waals surface area contributed by atoms with Crippen LogP contribution in [0.15, 0.2) is 24.3 Å². The van der Waals surface area contributed by atoms with E-state index < -0.39 is 0 Å². The molecule has 0 fully saturated rings. The van der Waals surface area contributed by atoms with Gasteiger partial charge in [-0.2, -0.15) is 0 Å². The van der Waals surface area contributed by atoms with Crippen LogP contribution in [0.5, 0.6) is 0 Å². The standard InChI is InChI=1S/C18H8/c1-5-13-11-15(7-3)18-16(12-13)10-9-14(6-2)17(18)8-4/h1-4,9-12H. The van der Waals surface area contributed by atoms with Gasteiger partial charge >= 0.3 is 0 Å². The third-order valence-corrected chi connectivity index (χ3v) is 2.74. The first-order valence-electron chi connectivity index (χ1n) is 5.22. The summed E-state index contributed by atoms with van der Waals surface area (Å²) in [7, 11) is 0. The normalized spacial score (nSPS) is 8.89. The molecule has 0 aliphatic rings. The van der Waals surface area contributed by atoms with E-state index in [0.29, 0.717) is 16.7 Å². The lowest BCUT2D eigenvalue weighted by Crippen LogP contribution is -1.91. The van der Waals surface area contributed by atoms with Crippen molar-refractivity contribution in [3.63, 3.8) is 0 Å². The molecule has 0 heterocycles. The first kappa shape index (κ1) is 11.4. The zero-order valence-electron chi connectivity index (χ0n) is 9.62. The van der Waals surface area contributed by atoms with Crippen LogP contribution in [0.2, 0.25) is 0 Å². The van der Waals surface area contributed by atoms with E-state index in [1.807, 2.05) is 12.1 Å². The summed E-state index contributed by atoms with van der Waals surface area (Å²) in [6.07, 6.45) is 21.9. The van der Waals surface area contributed by atoms with Gasteiger partial charge in [0, 0.05) is 27.6 Å². The van der Waals surface area contributed by atoms with Crippen molar-refractivity contribution in [2.75, 3.05) is 0 Å². The first-order valence-corrected chi connectivity index (χ1v) is 5.22. The Morgan fingerprint density at radius 1 is 0.722 bits per heavy atom. The molecule has 0 aliphatic carbocycles. The van der Waals surface area contributed by atoms with Crippen LogP contribution in [0, 0.1) is 49.4 Å². The Bertz CT molecular complexity index is 807. The molecule has 0 aliphatic heterocycles. The third-order valence-electron chi connectivity index (χ3n) is 2.74. The minimum Gasteiger partial charge on any atom is -0.115 e. The summed E-state index contributed by atoms with van der Waals surface area (Å²) in [6, 6.07) is 7.33. The molecule has 0 radical (unpaired) electrons. The van der Waals surface area contributed by atoms with E-state index in [1.54, 1.807) is 12.1 Å². The summed E-state index contributed by atoms with van der Waals surface area (Å²) in [5.74, 6) is 10.4. The number of rotatable bonds is 0. The fraction of sp³-hybridized carbons (Fsp3) is 0. The highest BCUT2D eigenvalue weighted by Gasteiger charge is 2.09. The molecule has 0 spiro atoms. The predicted molar refractivity (Wildman–Crippen MR) is 75.7 cm³/mol. The van der Waals surface area contributed by atoms with Crippen LogP contribution in [-0.2, 0) is 0 Å². The van der Waals surface area contributed by atoms with Gasteiger partial charge in [-0.25, -0.2) is 0 Å². The van der Waals surface area contributed by atoms with Crippen LogP contribution in [0.3, 0.4) is 0 Å². The van der Waals surface area contributed by atoms with Crippen molar-refractivity contribution in [3.8, 4) is 49.4 Å². The molecule has 0 saturated heterocycles. The molecule has 0 N–H and O–H groups in total. The van der Waals surface area contributed by atoms with Crippen LogP contribution in [0.25, 0.3) is 10.8 Å². The molecule has 18 heavy (non-hydrogen) atoms. The van der Waals surface area contributed by atoms with Crippen molar-refractivity contribution in [2.24, 2.45) is 0 Å². The topological polar surface area (TPSA) is 0 Å². The first-order chi connectivity index (χ1) is 8.74. The van der Waals surface area contributed by atoms with Crippen molar-refractivity contribution in [3.05, 3.63) is 46.5 Å². The molecular formula is C18H8. The van der Waals surface area contributed by atoms with Crippen molar-refractivity contribution in [1.29, 1.82) is 0 Å². The molecule has 0 bridgehead atoms. The Kier molecular flexibility index (Phi) is 2.82. The van der Waals surface area contributed by atoms with E-state index in [0.717, 1.165) is 16.3 Å². The Balaban J connectivity index is 3.06. The second-order valence-electron chi connectivity index (χ2n) is 3.69. The molecule has 0 atom stereocenters. The zero-order chi connectivity index (χ0) is 13.1. The summed E-state index contributed by atoms with van der Waals surface area (Å²) < 4.78 is 0. The largest absolute Gasteiger partial charge is 0.115 e. The minimum absolute atomic E-state index is 0.645. The number of fused-ring (bicyclic) bond motifs is 1. The van der Waals surface area contributed by atoms with Gasteiger partial charge in [0.05, 0.1) is 0 Å². The van der Waals surface area contributed by atoms with Gasteiger partial charge in [-0.05, 0) is 23.6 Å². The summed E-state index contributed by atoms with van der Waals surface area (Å²) in [6.45, 7) is 0. The maximum atomic E-state index is 5.53. The Labute approximate surface area is 107 Å². The summed E-state index contributed by atoms with van der Waals surface area (Å²) in [5.41, 5.74) is 2.71. The lowest BCUT2D eigenvalue weighted by atomic mass is 9.94. The molecule has 2 aromatic carbocycles. The Hall–Kier alpha value is -3.06. The highest BCUT2D eigenvalue weighted by molar-refractivity contribution is 5.96. The van der Waals surface area contributed by atoms with Crippen molar-refractivity contribution in [1.82, 2.24) is 0 Å². The Morgan fingerprint density at radius 2 is 1.44 bits per heavy atom. The molecule has 0 nitrogen and oxygen atoms in total. The van der Waals surface area contributed by atoms with Crippen LogP contribution < -0.4 is 0 Å². The quantitative estimate of drug-likeness (QED) is 0.604. The molecule has 0 aromatic heterocycles. The highest BCUT2D eigenvalue weighted by atomic mass is 14.1. The van der Waals surface area contributed by atoms with Gasteiger partial charge in [0.25, 0.3) is 0 Å². The van der Waals surface area contributed by atoms with Crippen molar-refractivity contribution < 1.29 is 0 Å². The van der Waals surface area contributed by atoms with Gasteiger partial charge in [-0.15, -0.1) is 25.7 Å². The predicted octanol–water partition coefficient (Wildman–Crippen LogP) is 2.77. The molecule has 2 rings (SSSR count). The Morgan fingerprint density at radius 3 is 2.00 bits per heavy atom. The van der Waals surface area contributed by atoms with Gasteiger partial charge in [-0.3, -0.25) is 0 Å². The fourth-order valence-corrected chi connectivity index (χ4v) is 1.93. The van der Waals surface area contributed by atoms with E-state index in [-0.39, 0.29) is 0 Å². The minimum atomic E-state index is 0.645. The van der Waals surface area contributed by atoms with Crippen LogP contribution in [-0.4, -0.2) is 0 Å². The van der Waals surface area contributed by atoms with Gasteiger partial charge < -0.3 is 0 Å². The van der Waals surface area contributed by atoms with Gasteiger partial charge in [0.1, 0.15) is 0 Å². The van der Waals surface area contributed by atoms with Gasteiger partial charge in [0.15, 0.2) is 0 Å². The molecule has 0 heteroatoms. The van der Waals surface area contributed by atoms with Gasteiger partial charge in [0.2, 0.25) is 0 Å². The average molecular weight is 224 g/mol. The second kappa shape index (κ2) is 4.44. The monoisotopic (exact) mass is 224 g/mol. The SMILES string of the molecule is C#Cc1cc(C#C)c2c(C#C)c(C#C)ccc2c1. The molecule has 80 valence electrons. The van der Waals surface area contributed by atoms with Crippen LogP contribution >= 0.6 is 0 Å². The molecule has 0 amide bonds. The van der Waals surface area contributed by atoms with Crippen molar-refractivity contribution in [2.45, 2.75) is 0 Å². The summed E-state index contributed by atoms with van der Waals surface area (Å²) >= 11 is 0. The summed E-state index contributed by atoms with van der Waals surface area (Å²) in [5, 5.41) is 1.72. The van der Waals surface area contributed by atoms with E-state index in [4.69, 9.17) is 25.7 Å². The number of terminal acetylenes is 4. The third kappa shape index (κ3) is 1.60.